The molecule has 0 unspecified atom stereocenters. The Bertz CT molecular complexity index is 399. The molecule has 0 heterocycles. The van der Waals surface area contributed by atoms with Crippen LogP contribution in [0.4, 0.5) is 0 Å². The van der Waals surface area contributed by atoms with E-state index < -0.39 is 0 Å². The van der Waals surface area contributed by atoms with E-state index in [4.69, 9.17) is 14.2 Å². The number of ether oxygens (including phenoxy) is 3. The van der Waals surface area contributed by atoms with E-state index in [2.05, 4.69) is 0 Å². The molecule has 1 aliphatic rings. The molecule has 19 heavy (non-hydrogen) atoms. The van der Waals surface area contributed by atoms with Gasteiger partial charge in [0.2, 0.25) is 0 Å². The third-order valence-electron chi connectivity index (χ3n) is 3.25. The molecule has 0 spiro atoms. The molecule has 4 heteroatoms. The average molecular weight is 266 g/mol. The van der Waals surface area contributed by atoms with Crippen LogP contribution in [-0.4, -0.2) is 31.2 Å². The van der Waals surface area contributed by atoms with E-state index in [-0.39, 0.29) is 12.4 Å². The molecule has 1 atom stereocenters. The minimum atomic E-state index is -0.325. The van der Waals surface area contributed by atoms with Crippen LogP contribution in [0.2, 0.25) is 0 Å². The molecule has 0 aromatic heterocycles. The molecule has 0 bridgehead atoms. The Morgan fingerprint density at radius 2 is 2.00 bits per heavy atom. The van der Waals surface area contributed by atoms with E-state index in [1.165, 1.54) is 5.56 Å². The maximum atomic E-state index is 9.75. The van der Waals surface area contributed by atoms with Crippen molar-refractivity contribution in [1.29, 1.82) is 0 Å². The molecule has 1 aliphatic carbocycles. The highest BCUT2D eigenvalue weighted by Gasteiger charge is 2.20. The number of hydrogen-bond acceptors (Lipinski definition) is 4. The van der Waals surface area contributed by atoms with E-state index in [1.54, 1.807) is 0 Å². The zero-order valence-electron chi connectivity index (χ0n) is 11.6. The van der Waals surface area contributed by atoms with Crippen LogP contribution in [0, 0.1) is 0 Å². The Morgan fingerprint density at radius 1 is 1.26 bits per heavy atom. The molecule has 1 aromatic rings. The Balaban J connectivity index is 1.92. The first kappa shape index (κ1) is 14.3. The van der Waals surface area contributed by atoms with Gasteiger partial charge in [0.25, 0.3) is 0 Å². The summed E-state index contributed by atoms with van der Waals surface area (Å²) in [6, 6.07) is 5.83. The number of aliphatic hydroxyl groups excluding tert-OH is 1. The van der Waals surface area contributed by atoms with Crippen LogP contribution >= 0.6 is 0 Å². The standard InChI is InChI=1S/C15H22O4/c1-3-17-15(18-4-2)10-19-12-6-7-13-11(9-12)5-8-14(13)16/h6-7,9,14-16H,3-5,8,10H2,1-2H3/t14-/m0/s1. The zero-order chi connectivity index (χ0) is 13.7. The fourth-order valence-electron chi connectivity index (χ4n) is 2.34. The van der Waals surface area contributed by atoms with Crippen LogP contribution in [0.15, 0.2) is 18.2 Å². The summed E-state index contributed by atoms with van der Waals surface area (Å²) in [5.41, 5.74) is 2.20. The van der Waals surface area contributed by atoms with Crippen molar-refractivity contribution >= 4 is 0 Å². The number of benzene rings is 1. The summed E-state index contributed by atoms with van der Waals surface area (Å²) in [7, 11) is 0. The van der Waals surface area contributed by atoms with Crippen LogP contribution in [0.1, 0.15) is 37.5 Å². The fourth-order valence-corrected chi connectivity index (χ4v) is 2.34. The van der Waals surface area contributed by atoms with Crippen molar-refractivity contribution in [3.8, 4) is 5.75 Å². The molecule has 0 amide bonds. The fraction of sp³-hybridized carbons (Fsp3) is 0.600. The third kappa shape index (κ3) is 3.69. The zero-order valence-corrected chi connectivity index (χ0v) is 11.6. The quantitative estimate of drug-likeness (QED) is 0.770. The Morgan fingerprint density at radius 3 is 2.68 bits per heavy atom. The Kier molecular flexibility index (Phi) is 5.19. The average Bonchev–Trinajstić information content (AvgIpc) is 2.78. The first-order chi connectivity index (χ1) is 9.24. The van der Waals surface area contributed by atoms with Crippen molar-refractivity contribution in [2.75, 3.05) is 19.8 Å². The predicted molar refractivity (Wildman–Crippen MR) is 72.3 cm³/mol. The maximum Gasteiger partial charge on any atom is 0.191 e. The summed E-state index contributed by atoms with van der Waals surface area (Å²) >= 11 is 0. The van der Waals surface area contributed by atoms with E-state index in [0.29, 0.717) is 19.8 Å². The second-order valence-corrected chi connectivity index (χ2v) is 4.57. The number of rotatable bonds is 7. The van der Waals surface area contributed by atoms with Gasteiger partial charge in [-0.05, 0) is 49.9 Å². The molecule has 106 valence electrons. The van der Waals surface area contributed by atoms with Crippen LogP contribution in [0.5, 0.6) is 5.75 Å². The molecule has 0 radical (unpaired) electrons. The lowest BCUT2D eigenvalue weighted by atomic mass is 10.1. The smallest absolute Gasteiger partial charge is 0.191 e. The molecule has 2 rings (SSSR count). The van der Waals surface area contributed by atoms with E-state index >= 15 is 0 Å². The van der Waals surface area contributed by atoms with Gasteiger partial charge >= 0.3 is 0 Å². The summed E-state index contributed by atoms with van der Waals surface area (Å²) in [4.78, 5) is 0. The SMILES string of the molecule is CCOC(COc1ccc2c(c1)CC[C@@H]2O)OCC. The number of aliphatic hydroxyl groups is 1. The van der Waals surface area contributed by atoms with Gasteiger partial charge in [0.1, 0.15) is 12.4 Å². The van der Waals surface area contributed by atoms with Crippen molar-refractivity contribution < 1.29 is 19.3 Å². The second kappa shape index (κ2) is 6.89. The summed E-state index contributed by atoms with van der Waals surface area (Å²) in [5, 5.41) is 9.75. The number of aryl methyl sites for hydroxylation is 1. The molecule has 0 saturated carbocycles. The van der Waals surface area contributed by atoms with Crippen molar-refractivity contribution in [2.24, 2.45) is 0 Å². The second-order valence-electron chi connectivity index (χ2n) is 4.57. The van der Waals surface area contributed by atoms with Gasteiger partial charge in [-0.1, -0.05) is 6.07 Å². The molecule has 0 aliphatic heterocycles. The predicted octanol–water partition coefficient (Wildman–Crippen LogP) is 2.44. The lowest BCUT2D eigenvalue weighted by Gasteiger charge is -2.17. The topological polar surface area (TPSA) is 47.9 Å². The Labute approximate surface area is 114 Å². The highest BCUT2D eigenvalue weighted by atomic mass is 16.7. The van der Waals surface area contributed by atoms with Gasteiger partial charge in [-0.3, -0.25) is 0 Å². The Hall–Kier alpha value is -1.10. The highest BCUT2D eigenvalue weighted by Crippen LogP contribution is 2.33. The lowest BCUT2D eigenvalue weighted by molar-refractivity contribution is -0.152. The van der Waals surface area contributed by atoms with Crippen LogP contribution in [0.3, 0.4) is 0 Å². The summed E-state index contributed by atoms with van der Waals surface area (Å²) < 4.78 is 16.6. The maximum absolute atomic E-state index is 9.75. The van der Waals surface area contributed by atoms with Crippen molar-refractivity contribution in [2.45, 2.75) is 39.1 Å². The normalized spacial score (nSPS) is 17.8. The van der Waals surface area contributed by atoms with Gasteiger partial charge in [0, 0.05) is 13.2 Å². The van der Waals surface area contributed by atoms with Gasteiger partial charge < -0.3 is 19.3 Å². The van der Waals surface area contributed by atoms with Crippen molar-refractivity contribution in [1.82, 2.24) is 0 Å². The molecule has 0 fully saturated rings. The van der Waals surface area contributed by atoms with Crippen molar-refractivity contribution in [3.05, 3.63) is 29.3 Å². The number of hydrogen-bond donors (Lipinski definition) is 1. The van der Waals surface area contributed by atoms with E-state index in [1.807, 2.05) is 32.0 Å². The highest BCUT2D eigenvalue weighted by molar-refractivity contribution is 5.39. The third-order valence-corrected chi connectivity index (χ3v) is 3.25. The molecular weight excluding hydrogens is 244 g/mol. The summed E-state index contributed by atoms with van der Waals surface area (Å²) in [6.45, 7) is 5.45. The molecule has 0 saturated heterocycles. The first-order valence-corrected chi connectivity index (χ1v) is 6.91. The number of fused-ring (bicyclic) bond motifs is 1. The van der Waals surface area contributed by atoms with Gasteiger partial charge in [-0.15, -0.1) is 0 Å². The van der Waals surface area contributed by atoms with E-state index in [0.717, 1.165) is 24.2 Å². The van der Waals surface area contributed by atoms with Crippen molar-refractivity contribution in [3.63, 3.8) is 0 Å². The van der Waals surface area contributed by atoms with Gasteiger partial charge in [0.15, 0.2) is 6.29 Å². The van der Waals surface area contributed by atoms with E-state index in [9.17, 15) is 5.11 Å². The summed E-state index contributed by atoms with van der Waals surface area (Å²) in [5.74, 6) is 0.803. The monoisotopic (exact) mass is 266 g/mol. The van der Waals surface area contributed by atoms with Crippen LogP contribution in [-0.2, 0) is 15.9 Å². The lowest BCUT2D eigenvalue weighted by Crippen LogP contribution is -2.25. The van der Waals surface area contributed by atoms with Gasteiger partial charge in [0.05, 0.1) is 6.10 Å². The van der Waals surface area contributed by atoms with Gasteiger partial charge in [-0.25, -0.2) is 0 Å². The molecular formula is C15H22O4. The van der Waals surface area contributed by atoms with Crippen LogP contribution in [0.25, 0.3) is 0 Å². The van der Waals surface area contributed by atoms with Crippen LogP contribution < -0.4 is 4.74 Å². The van der Waals surface area contributed by atoms with Gasteiger partial charge in [-0.2, -0.15) is 0 Å². The summed E-state index contributed by atoms with van der Waals surface area (Å²) in [6.07, 6.45) is 1.07. The largest absolute Gasteiger partial charge is 0.488 e. The molecule has 4 nitrogen and oxygen atoms in total. The minimum absolute atomic E-state index is 0.316. The minimum Gasteiger partial charge on any atom is -0.488 e. The molecule has 1 N–H and O–H groups in total. The first-order valence-electron chi connectivity index (χ1n) is 6.91. The molecule has 1 aromatic carbocycles.